The molecule has 2 atom stereocenters. The van der Waals surface area contributed by atoms with E-state index in [9.17, 15) is 20.0 Å². The summed E-state index contributed by atoms with van der Waals surface area (Å²) in [6, 6.07) is 10.4. The number of rotatable bonds is 4. The van der Waals surface area contributed by atoms with E-state index in [1.54, 1.807) is 23.9 Å². The molecular weight excluding hydrogens is 414 g/mol. The summed E-state index contributed by atoms with van der Waals surface area (Å²) in [6.45, 7) is 1.35. The van der Waals surface area contributed by atoms with E-state index in [1.165, 1.54) is 6.07 Å². The number of nitrogens with zero attached hydrogens (tertiary/aromatic N) is 4. The average Bonchev–Trinajstić information content (AvgIpc) is 3.29. The molecule has 10 nitrogen and oxygen atoms in total. The highest BCUT2D eigenvalue weighted by molar-refractivity contribution is 5.99. The molecule has 2 N–H and O–H groups in total. The lowest BCUT2D eigenvalue weighted by atomic mass is 9.83. The van der Waals surface area contributed by atoms with Crippen molar-refractivity contribution >= 4 is 11.6 Å². The van der Waals surface area contributed by atoms with E-state index >= 15 is 0 Å². The zero-order valence-corrected chi connectivity index (χ0v) is 17.4. The molecule has 32 heavy (non-hydrogen) atoms. The zero-order valence-electron chi connectivity index (χ0n) is 17.4. The van der Waals surface area contributed by atoms with Gasteiger partial charge in [-0.25, -0.2) is 0 Å². The third kappa shape index (κ3) is 3.33. The predicted octanol–water partition coefficient (Wildman–Crippen LogP) is 2.20. The first kappa shape index (κ1) is 20.3. The van der Waals surface area contributed by atoms with Gasteiger partial charge in [-0.1, -0.05) is 0 Å². The standard InChI is InChI=1S/C22H22N5O5/c1-32-16-4-2-14(3-5-16)20-17(9-23-24-20)21(28)25-10-13-8-15(12-25)18-6-7-19(27(30)31)22(29)26(18)11-13/h2-7,9,13,15,30H,8,10-12H2,1H3,(H,23,24)/q-1/t13-,15?/m0/s1. The van der Waals surface area contributed by atoms with Crippen LogP contribution < -0.4 is 15.5 Å². The van der Waals surface area contributed by atoms with Crippen LogP contribution in [0.1, 0.15) is 28.4 Å². The number of carbonyl (C=O) groups excluding carboxylic acids is 1. The van der Waals surface area contributed by atoms with Crippen LogP contribution in [0.2, 0.25) is 0 Å². The maximum atomic E-state index is 13.4. The molecular formula is C22H22N5O5-. The molecule has 5 rings (SSSR count). The normalized spacial score (nSPS) is 19.4. The lowest BCUT2D eigenvalue weighted by Crippen LogP contribution is -2.49. The molecule has 3 aromatic rings. The van der Waals surface area contributed by atoms with E-state index in [-0.39, 0.29) is 23.4 Å². The summed E-state index contributed by atoms with van der Waals surface area (Å²) in [4.78, 5) is 27.8. The Morgan fingerprint density at radius 3 is 2.72 bits per heavy atom. The smallest absolute Gasteiger partial charge is 0.275 e. The van der Waals surface area contributed by atoms with Crippen molar-refractivity contribution < 1.29 is 14.7 Å². The van der Waals surface area contributed by atoms with Crippen LogP contribution in [0.25, 0.3) is 11.3 Å². The van der Waals surface area contributed by atoms with Crippen molar-refractivity contribution in [3.8, 4) is 17.0 Å². The Kier molecular flexibility index (Phi) is 4.95. The fourth-order valence-corrected chi connectivity index (χ4v) is 4.84. The van der Waals surface area contributed by atoms with E-state index < -0.39 is 10.8 Å². The number of piperidine rings is 1. The molecule has 1 unspecified atom stereocenters. The van der Waals surface area contributed by atoms with Gasteiger partial charge in [0, 0.05) is 36.8 Å². The van der Waals surface area contributed by atoms with Crippen LogP contribution in [0, 0.1) is 11.1 Å². The van der Waals surface area contributed by atoms with E-state index in [4.69, 9.17) is 4.74 Å². The fourth-order valence-electron chi connectivity index (χ4n) is 4.84. The highest BCUT2D eigenvalue weighted by Crippen LogP contribution is 2.36. The molecule has 2 aromatic heterocycles. The van der Waals surface area contributed by atoms with Crippen LogP contribution in [-0.4, -0.2) is 51.0 Å². The minimum absolute atomic E-state index is 0.0247. The van der Waals surface area contributed by atoms with Gasteiger partial charge in [0.05, 0.1) is 24.6 Å². The molecule has 0 saturated carbocycles. The van der Waals surface area contributed by atoms with E-state index in [0.29, 0.717) is 30.9 Å². The number of anilines is 1. The number of aromatic nitrogens is 3. The number of likely N-dealkylation sites (tertiary alicyclic amines) is 1. The van der Waals surface area contributed by atoms with E-state index in [1.807, 2.05) is 29.2 Å². The molecule has 2 aliphatic heterocycles. The molecule has 0 radical (unpaired) electrons. The molecule has 10 heteroatoms. The van der Waals surface area contributed by atoms with Crippen LogP contribution in [0.4, 0.5) is 5.69 Å². The quantitative estimate of drug-likeness (QED) is 0.600. The minimum Gasteiger partial charge on any atom is -0.733 e. The number of methoxy groups -OCH3 is 1. The number of pyridine rings is 1. The lowest BCUT2D eigenvalue weighted by molar-refractivity contribution is 0.0595. The summed E-state index contributed by atoms with van der Waals surface area (Å²) >= 11 is 0. The van der Waals surface area contributed by atoms with E-state index in [0.717, 1.165) is 23.4 Å². The largest absolute Gasteiger partial charge is 0.733 e. The van der Waals surface area contributed by atoms with Gasteiger partial charge < -0.3 is 24.6 Å². The zero-order chi connectivity index (χ0) is 22.4. The van der Waals surface area contributed by atoms with Crippen LogP contribution >= 0.6 is 0 Å². The third-order valence-corrected chi connectivity index (χ3v) is 6.33. The highest BCUT2D eigenvalue weighted by Gasteiger charge is 2.37. The molecule has 0 aliphatic carbocycles. The molecule has 2 aliphatic rings. The summed E-state index contributed by atoms with van der Waals surface area (Å²) in [5, 5.41) is 27.1. The Hall–Kier alpha value is -3.63. The average molecular weight is 436 g/mol. The molecule has 1 saturated heterocycles. The van der Waals surface area contributed by atoms with Gasteiger partial charge in [-0.3, -0.25) is 19.9 Å². The van der Waals surface area contributed by atoms with Crippen LogP contribution in [0.3, 0.4) is 0 Å². The number of nitrogens with one attached hydrogen (secondary N) is 1. The molecule has 2 bridgehead atoms. The second-order valence-electron chi connectivity index (χ2n) is 8.23. The monoisotopic (exact) mass is 436 g/mol. The summed E-state index contributed by atoms with van der Waals surface area (Å²) in [5.41, 5.74) is 1.94. The highest BCUT2D eigenvalue weighted by atomic mass is 16.8. The van der Waals surface area contributed by atoms with Gasteiger partial charge in [0.15, 0.2) is 0 Å². The van der Waals surface area contributed by atoms with Crippen molar-refractivity contribution in [2.24, 2.45) is 5.92 Å². The fraction of sp³-hybridized carbons (Fsp3) is 0.318. The van der Waals surface area contributed by atoms with Gasteiger partial charge >= 0.3 is 0 Å². The first-order chi connectivity index (χ1) is 15.5. The van der Waals surface area contributed by atoms with Gasteiger partial charge in [-0.2, -0.15) is 5.10 Å². The van der Waals surface area contributed by atoms with Crippen LogP contribution in [0.15, 0.2) is 47.4 Å². The number of aromatic amines is 1. The number of H-pyrrole nitrogens is 1. The Labute approximate surface area is 183 Å². The van der Waals surface area contributed by atoms with Gasteiger partial charge in [0.1, 0.15) is 11.4 Å². The molecule has 1 aromatic carbocycles. The predicted molar refractivity (Wildman–Crippen MR) is 116 cm³/mol. The van der Waals surface area contributed by atoms with Crippen molar-refractivity contribution in [3.63, 3.8) is 0 Å². The third-order valence-electron chi connectivity index (χ3n) is 6.33. The maximum Gasteiger partial charge on any atom is 0.275 e. The number of carbonyl (C=O) groups is 1. The number of amides is 1. The number of ether oxygens (including phenoxy) is 1. The Morgan fingerprint density at radius 1 is 1.22 bits per heavy atom. The number of hydrogen-bond acceptors (Lipinski definition) is 7. The minimum atomic E-state index is -0.508. The van der Waals surface area contributed by atoms with Crippen molar-refractivity contribution in [1.82, 2.24) is 19.7 Å². The SMILES string of the molecule is COc1ccc(-c2[nH]ncc2C(=O)N2CC3C[C@@H](C2)Cn2c3ccc(N([O-])O)c2=O)cc1. The summed E-state index contributed by atoms with van der Waals surface area (Å²) < 4.78 is 6.75. The number of hydrogen-bond donors (Lipinski definition) is 2. The Balaban J connectivity index is 1.42. The van der Waals surface area contributed by atoms with Gasteiger partial charge in [0.2, 0.25) is 0 Å². The molecule has 4 heterocycles. The second-order valence-corrected chi connectivity index (χ2v) is 8.23. The van der Waals surface area contributed by atoms with Crippen LogP contribution in [0.5, 0.6) is 5.75 Å². The van der Waals surface area contributed by atoms with Crippen molar-refractivity contribution in [3.05, 3.63) is 69.4 Å². The Bertz CT molecular complexity index is 1220. The second kappa shape index (κ2) is 7.81. The number of benzene rings is 1. The topological polar surface area (TPSA) is 127 Å². The first-order valence-corrected chi connectivity index (χ1v) is 10.3. The molecule has 166 valence electrons. The van der Waals surface area contributed by atoms with Crippen molar-refractivity contribution in [1.29, 1.82) is 0 Å². The maximum absolute atomic E-state index is 13.4. The van der Waals surface area contributed by atoms with Gasteiger partial charge in [-0.15, -0.1) is 0 Å². The summed E-state index contributed by atoms with van der Waals surface area (Å²) in [5.74, 6) is 0.660. The Morgan fingerprint density at radius 2 is 2.00 bits per heavy atom. The molecule has 1 amide bonds. The first-order valence-electron chi connectivity index (χ1n) is 10.3. The summed E-state index contributed by atoms with van der Waals surface area (Å²) in [7, 11) is 1.60. The van der Waals surface area contributed by atoms with Crippen LogP contribution in [-0.2, 0) is 6.54 Å². The molecule has 1 fully saturated rings. The van der Waals surface area contributed by atoms with Gasteiger partial charge in [-0.05, 0) is 48.7 Å². The van der Waals surface area contributed by atoms with Crippen molar-refractivity contribution in [2.75, 3.05) is 25.4 Å². The molecule has 0 spiro atoms. The number of fused-ring (bicyclic) bond motifs is 4. The van der Waals surface area contributed by atoms with Crippen molar-refractivity contribution in [2.45, 2.75) is 18.9 Å². The summed E-state index contributed by atoms with van der Waals surface area (Å²) in [6.07, 6.45) is 2.40. The van der Waals surface area contributed by atoms with Gasteiger partial charge in [0.25, 0.3) is 11.5 Å². The lowest BCUT2D eigenvalue weighted by Gasteiger charge is -2.43. The van der Waals surface area contributed by atoms with E-state index in [2.05, 4.69) is 10.2 Å².